The Morgan fingerprint density at radius 3 is 2.36 bits per heavy atom. The third-order valence-corrected chi connectivity index (χ3v) is 4.18. The van der Waals surface area contributed by atoms with Gasteiger partial charge < -0.3 is 10.6 Å². The highest BCUT2D eigenvalue weighted by Crippen LogP contribution is 2.31. The van der Waals surface area contributed by atoms with Gasteiger partial charge >= 0.3 is 6.18 Å². The second-order valence-corrected chi connectivity index (χ2v) is 6.47. The molecule has 2 amide bonds. The molecule has 4 nitrogen and oxygen atoms in total. The number of alkyl halides is 3. The number of amides is 2. The van der Waals surface area contributed by atoms with E-state index in [-0.39, 0.29) is 18.9 Å². The van der Waals surface area contributed by atoms with Crippen molar-refractivity contribution in [3.05, 3.63) is 71.3 Å². The zero-order valence-electron chi connectivity index (χ0n) is 15.6. The summed E-state index contributed by atoms with van der Waals surface area (Å²) in [4.78, 5) is 24.1. The van der Waals surface area contributed by atoms with Gasteiger partial charge in [-0.05, 0) is 29.7 Å². The number of nitrogens with one attached hydrogen (secondary N) is 2. The van der Waals surface area contributed by atoms with Gasteiger partial charge in [0.25, 0.3) is 0 Å². The lowest BCUT2D eigenvalue weighted by molar-refractivity contribution is -0.137. The molecule has 0 bridgehead atoms. The molecular weight excluding hydrogens is 369 g/mol. The smallest absolute Gasteiger partial charge is 0.348 e. The van der Waals surface area contributed by atoms with Crippen LogP contribution in [0.2, 0.25) is 0 Å². The first-order valence-electron chi connectivity index (χ1n) is 9.06. The van der Waals surface area contributed by atoms with Crippen molar-refractivity contribution in [1.29, 1.82) is 0 Å². The summed E-state index contributed by atoms with van der Waals surface area (Å²) in [5.74, 6) is -0.746. The van der Waals surface area contributed by atoms with E-state index in [4.69, 9.17) is 0 Å². The number of benzene rings is 2. The molecule has 2 aromatic rings. The van der Waals surface area contributed by atoms with Gasteiger partial charge in [0, 0.05) is 0 Å². The van der Waals surface area contributed by atoms with Crippen LogP contribution >= 0.6 is 0 Å². The molecule has 0 unspecified atom stereocenters. The Labute approximate surface area is 162 Å². The van der Waals surface area contributed by atoms with Crippen LogP contribution in [0.15, 0.2) is 54.6 Å². The first-order valence-corrected chi connectivity index (χ1v) is 9.06. The minimum atomic E-state index is -4.44. The zero-order chi connectivity index (χ0) is 20.6. The first kappa shape index (κ1) is 21.5. The summed E-state index contributed by atoms with van der Waals surface area (Å²) in [5, 5.41) is 5.25. The van der Waals surface area contributed by atoms with Gasteiger partial charge in [0.05, 0.1) is 24.6 Å². The minimum Gasteiger partial charge on any atom is -0.348 e. The van der Waals surface area contributed by atoms with E-state index in [1.807, 2.05) is 37.3 Å². The lowest BCUT2D eigenvalue weighted by Crippen LogP contribution is -2.39. The highest BCUT2D eigenvalue weighted by Gasteiger charge is 2.31. The summed E-state index contributed by atoms with van der Waals surface area (Å²) < 4.78 is 38.8. The number of carbonyl (C=O) groups is 2. The van der Waals surface area contributed by atoms with E-state index < -0.39 is 23.7 Å². The zero-order valence-corrected chi connectivity index (χ0v) is 15.6. The van der Waals surface area contributed by atoms with Crippen LogP contribution in [-0.2, 0) is 22.2 Å². The van der Waals surface area contributed by atoms with Crippen molar-refractivity contribution in [2.45, 2.75) is 38.4 Å². The Bertz CT molecular complexity index is 792. The summed E-state index contributed by atoms with van der Waals surface area (Å²) in [5.41, 5.74) is 0.463. The van der Waals surface area contributed by atoms with Crippen molar-refractivity contribution < 1.29 is 22.8 Å². The van der Waals surface area contributed by atoms with Crippen LogP contribution < -0.4 is 10.6 Å². The van der Waals surface area contributed by atoms with E-state index in [0.717, 1.165) is 17.7 Å². The fourth-order valence-corrected chi connectivity index (χ4v) is 2.81. The van der Waals surface area contributed by atoms with Gasteiger partial charge in [-0.25, -0.2) is 0 Å². The Morgan fingerprint density at radius 2 is 1.71 bits per heavy atom. The molecule has 28 heavy (non-hydrogen) atoms. The molecule has 0 saturated carbocycles. The van der Waals surface area contributed by atoms with Crippen LogP contribution in [0.5, 0.6) is 0 Å². The summed E-state index contributed by atoms with van der Waals surface area (Å²) >= 11 is 0. The van der Waals surface area contributed by atoms with E-state index in [9.17, 15) is 22.8 Å². The molecule has 150 valence electrons. The molecule has 0 fully saturated rings. The maximum Gasteiger partial charge on any atom is 0.416 e. The Morgan fingerprint density at radius 1 is 1.00 bits per heavy atom. The Kier molecular flexibility index (Phi) is 7.61. The topological polar surface area (TPSA) is 58.2 Å². The molecule has 7 heteroatoms. The lowest BCUT2D eigenvalue weighted by atomic mass is 10.00. The van der Waals surface area contributed by atoms with Crippen molar-refractivity contribution >= 4 is 11.8 Å². The number of hydrogen-bond acceptors (Lipinski definition) is 2. The van der Waals surface area contributed by atoms with Gasteiger partial charge in [0.2, 0.25) is 11.8 Å². The number of halogens is 3. The highest BCUT2D eigenvalue weighted by atomic mass is 19.4. The maximum absolute atomic E-state index is 12.9. The summed E-state index contributed by atoms with van der Waals surface area (Å²) in [6, 6.07) is 13.5. The molecule has 0 aliphatic rings. The van der Waals surface area contributed by atoms with Gasteiger partial charge in [-0.15, -0.1) is 0 Å². The molecule has 0 aliphatic heterocycles. The standard InChI is InChI=1S/C21H23F3N2O2/c1-2-7-18(16-10-6-11-17(13-16)21(22,23)24)26-20(28)14-25-19(27)12-15-8-4-3-5-9-15/h3-6,8-11,13,18H,2,7,12,14H2,1H3,(H,25,27)(H,26,28)/t18-/m1/s1. The van der Waals surface area contributed by atoms with E-state index in [2.05, 4.69) is 10.6 Å². The van der Waals surface area contributed by atoms with E-state index in [0.29, 0.717) is 18.4 Å². The first-order chi connectivity index (χ1) is 13.3. The van der Waals surface area contributed by atoms with Crippen LogP contribution in [-0.4, -0.2) is 18.4 Å². The molecule has 0 aliphatic carbocycles. The molecule has 2 N–H and O–H groups in total. The van der Waals surface area contributed by atoms with Crippen LogP contribution in [0, 0.1) is 0 Å². The third-order valence-electron chi connectivity index (χ3n) is 4.18. The van der Waals surface area contributed by atoms with Gasteiger partial charge in [0.1, 0.15) is 0 Å². The molecule has 0 heterocycles. The average molecular weight is 392 g/mol. The fourth-order valence-electron chi connectivity index (χ4n) is 2.81. The minimum absolute atomic E-state index is 0.153. The second kappa shape index (κ2) is 9.92. The van der Waals surface area contributed by atoms with Crippen molar-refractivity contribution in [3.8, 4) is 0 Å². The number of carbonyl (C=O) groups excluding carboxylic acids is 2. The Balaban J connectivity index is 1.94. The molecule has 0 spiro atoms. The average Bonchev–Trinajstić information content (AvgIpc) is 2.66. The monoisotopic (exact) mass is 392 g/mol. The largest absolute Gasteiger partial charge is 0.416 e. The van der Waals surface area contributed by atoms with Crippen LogP contribution in [0.3, 0.4) is 0 Å². The summed E-state index contributed by atoms with van der Waals surface area (Å²) in [7, 11) is 0. The van der Waals surface area contributed by atoms with Crippen LogP contribution in [0.4, 0.5) is 13.2 Å². The van der Waals surface area contributed by atoms with E-state index in [1.165, 1.54) is 6.07 Å². The third kappa shape index (κ3) is 6.72. The van der Waals surface area contributed by atoms with Crippen molar-refractivity contribution in [2.75, 3.05) is 6.54 Å². The lowest BCUT2D eigenvalue weighted by Gasteiger charge is -2.20. The predicted octanol–water partition coefficient (Wildman–Crippen LogP) is 4.02. The number of hydrogen-bond donors (Lipinski definition) is 2. The molecule has 0 saturated heterocycles. The maximum atomic E-state index is 12.9. The fraction of sp³-hybridized carbons (Fsp3) is 0.333. The van der Waals surface area contributed by atoms with Gasteiger partial charge in [0.15, 0.2) is 0 Å². The van der Waals surface area contributed by atoms with Crippen LogP contribution in [0.1, 0.15) is 42.5 Å². The SMILES string of the molecule is CCC[C@@H](NC(=O)CNC(=O)Cc1ccccc1)c1cccc(C(F)(F)F)c1. The second-order valence-electron chi connectivity index (χ2n) is 6.47. The van der Waals surface area contributed by atoms with E-state index in [1.54, 1.807) is 6.07 Å². The predicted molar refractivity (Wildman–Crippen MR) is 100 cm³/mol. The molecule has 2 aromatic carbocycles. The molecular formula is C21H23F3N2O2. The molecule has 1 atom stereocenters. The normalized spacial score (nSPS) is 12.3. The summed E-state index contributed by atoms with van der Waals surface area (Å²) in [6.45, 7) is 1.65. The Hall–Kier alpha value is -2.83. The summed E-state index contributed by atoms with van der Waals surface area (Å²) in [6.07, 6.45) is -3.12. The quantitative estimate of drug-likeness (QED) is 0.713. The van der Waals surface area contributed by atoms with Gasteiger partial charge in [-0.3, -0.25) is 9.59 Å². The molecule has 0 aromatic heterocycles. The number of rotatable bonds is 8. The van der Waals surface area contributed by atoms with Gasteiger partial charge in [-0.1, -0.05) is 55.8 Å². The molecule has 0 radical (unpaired) electrons. The van der Waals surface area contributed by atoms with Crippen LogP contribution in [0.25, 0.3) is 0 Å². The van der Waals surface area contributed by atoms with Crippen molar-refractivity contribution in [1.82, 2.24) is 10.6 Å². The molecule has 2 rings (SSSR count). The van der Waals surface area contributed by atoms with Crippen molar-refractivity contribution in [3.63, 3.8) is 0 Å². The van der Waals surface area contributed by atoms with E-state index >= 15 is 0 Å². The van der Waals surface area contributed by atoms with Gasteiger partial charge in [-0.2, -0.15) is 13.2 Å². The van der Waals surface area contributed by atoms with Crippen molar-refractivity contribution in [2.24, 2.45) is 0 Å². The highest BCUT2D eigenvalue weighted by molar-refractivity contribution is 5.85.